The number of phenols is 1. The largest absolute Gasteiger partial charge is 0.508 e. The summed E-state index contributed by atoms with van der Waals surface area (Å²) in [7, 11) is 0. The van der Waals surface area contributed by atoms with E-state index >= 15 is 0 Å². The molecule has 0 bridgehead atoms. The quantitative estimate of drug-likeness (QED) is 0.779. The molecule has 0 amide bonds. The van der Waals surface area contributed by atoms with Crippen molar-refractivity contribution >= 4 is 5.57 Å². The summed E-state index contributed by atoms with van der Waals surface area (Å²) in [4.78, 5) is 0. The average molecular weight is 205 g/mol. The van der Waals surface area contributed by atoms with Crippen molar-refractivity contribution < 1.29 is 5.11 Å². The van der Waals surface area contributed by atoms with Crippen molar-refractivity contribution in [1.29, 1.82) is 0 Å². The topological polar surface area (TPSA) is 46.2 Å². The Labute approximate surface area is 91.4 Å². The number of rotatable bonds is 2. The van der Waals surface area contributed by atoms with Gasteiger partial charge in [-0.1, -0.05) is 39.0 Å². The van der Waals surface area contributed by atoms with E-state index in [9.17, 15) is 5.11 Å². The van der Waals surface area contributed by atoms with Gasteiger partial charge in [-0.25, -0.2) is 0 Å². The lowest BCUT2D eigenvalue weighted by Crippen LogP contribution is -2.10. The first kappa shape index (κ1) is 11.8. The highest BCUT2D eigenvalue weighted by Crippen LogP contribution is 2.34. The molecule has 0 heterocycles. The average Bonchev–Trinajstić information content (AvgIpc) is 2.14. The molecule has 2 nitrogen and oxygen atoms in total. The van der Waals surface area contributed by atoms with Gasteiger partial charge in [0.05, 0.1) is 0 Å². The fourth-order valence-corrected chi connectivity index (χ4v) is 1.62. The van der Waals surface area contributed by atoms with E-state index in [1.54, 1.807) is 12.1 Å². The molecule has 0 atom stereocenters. The zero-order valence-electron chi connectivity index (χ0n) is 9.62. The highest BCUT2D eigenvalue weighted by atomic mass is 16.3. The van der Waals surface area contributed by atoms with Gasteiger partial charge in [0.25, 0.3) is 0 Å². The minimum atomic E-state index is 0.0658. The molecule has 0 aliphatic heterocycles. The molecule has 15 heavy (non-hydrogen) atoms. The number of phenolic OH excluding ortho intramolecular Hbond substituents is 1. The van der Waals surface area contributed by atoms with E-state index in [1.165, 1.54) is 5.57 Å². The van der Waals surface area contributed by atoms with Crippen LogP contribution >= 0.6 is 0 Å². The predicted octanol–water partition coefficient (Wildman–Crippen LogP) is 2.78. The van der Waals surface area contributed by atoms with E-state index in [2.05, 4.69) is 20.8 Å². The van der Waals surface area contributed by atoms with Gasteiger partial charge >= 0.3 is 0 Å². The first-order valence-corrected chi connectivity index (χ1v) is 5.15. The van der Waals surface area contributed by atoms with Gasteiger partial charge in [-0.15, -0.1) is 0 Å². The SMILES string of the molecule is CC(C)(C)/C(=C/CN)c1ccc(O)cc1. The lowest BCUT2D eigenvalue weighted by molar-refractivity contribution is 0.475. The molecule has 0 spiro atoms. The zero-order valence-corrected chi connectivity index (χ0v) is 9.62. The monoisotopic (exact) mass is 205 g/mol. The van der Waals surface area contributed by atoms with Crippen LogP contribution in [0, 0.1) is 5.41 Å². The Morgan fingerprint density at radius 3 is 2.20 bits per heavy atom. The number of aromatic hydroxyl groups is 1. The summed E-state index contributed by atoms with van der Waals surface area (Å²) in [5, 5.41) is 9.23. The Bertz CT molecular complexity index is 344. The normalized spacial score (nSPS) is 12.9. The van der Waals surface area contributed by atoms with Crippen molar-refractivity contribution in [2.75, 3.05) is 6.54 Å². The van der Waals surface area contributed by atoms with Gasteiger partial charge in [0.15, 0.2) is 0 Å². The maximum atomic E-state index is 9.23. The van der Waals surface area contributed by atoms with Gasteiger partial charge in [0.2, 0.25) is 0 Å². The Morgan fingerprint density at radius 2 is 1.80 bits per heavy atom. The van der Waals surface area contributed by atoms with Crippen LogP contribution in [0.4, 0.5) is 0 Å². The fourth-order valence-electron chi connectivity index (χ4n) is 1.62. The zero-order chi connectivity index (χ0) is 11.5. The molecule has 0 aromatic heterocycles. The molecule has 2 heteroatoms. The van der Waals surface area contributed by atoms with E-state index in [1.807, 2.05) is 18.2 Å². The van der Waals surface area contributed by atoms with Gasteiger partial charge in [-0.3, -0.25) is 0 Å². The number of nitrogens with two attached hydrogens (primary N) is 1. The van der Waals surface area contributed by atoms with Crippen LogP contribution in [-0.4, -0.2) is 11.7 Å². The molecule has 0 fully saturated rings. The number of benzene rings is 1. The van der Waals surface area contributed by atoms with Crippen LogP contribution in [-0.2, 0) is 0 Å². The van der Waals surface area contributed by atoms with Crippen molar-refractivity contribution in [3.63, 3.8) is 0 Å². The second-order valence-electron chi connectivity index (χ2n) is 4.65. The van der Waals surface area contributed by atoms with Gasteiger partial charge < -0.3 is 10.8 Å². The highest BCUT2D eigenvalue weighted by molar-refractivity contribution is 5.70. The van der Waals surface area contributed by atoms with Gasteiger partial charge in [-0.2, -0.15) is 0 Å². The maximum absolute atomic E-state index is 9.23. The molecule has 3 N–H and O–H groups in total. The first-order chi connectivity index (χ1) is 6.95. The Morgan fingerprint density at radius 1 is 1.27 bits per heavy atom. The van der Waals surface area contributed by atoms with Crippen LogP contribution in [0.1, 0.15) is 26.3 Å². The lowest BCUT2D eigenvalue weighted by Gasteiger charge is -2.23. The highest BCUT2D eigenvalue weighted by Gasteiger charge is 2.17. The molecule has 0 radical (unpaired) electrons. The van der Waals surface area contributed by atoms with Crippen molar-refractivity contribution in [2.45, 2.75) is 20.8 Å². The van der Waals surface area contributed by atoms with Crippen molar-refractivity contribution in [3.05, 3.63) is 35.9 Å². The molecule has 1 aromatic carbocycles. The lowest BCUT2D eigenvalue weighted by atomic mass is 9.82. The molecule has 0 saturated carbocycles. The number of hydrogen-bond acceptors (Lipinski definition) is 2. The molecular formula is C13H19NO. The summed E-state index contributed by atoms with van der Waals surface area (Å²) < 4.78 is 0. The maximum Gasteiger partial charge on any atom is 0.115 e. The number of hydrogen-bond donors (Lipinski definition) is 2. The fraction of sp³-hybridized carbons (Fsp3) is 0.385. The molecule has 82 valence electrons. The summed E-state index contributed by atoms with van der Waals surface area (Å²) >= 11 is 0. The van der Waals surface area contributed by atoms with Crippen LogP contribution in [0.3, 0.4) is 0 Å². The van der Waals surface area contributed by atoms with Crippen LogP contribution < -0.4 is 5.73 Å². The first-order valence-electron chi connectivity index (χ1n) is 5.15. The van der Waals surface area contributed by atoms with Gasteiger partial charge in [-0.05, 0) is 28.7 Å². The second-order valence-corrected chi connectivity index (χ2v) is 4.65. The minimum absolute atomic E-state index is 0.0658. The summed E-state index contributed by atoms with van der Waals surface area (Å²) in [5.41, 5.74) is 7.96. The molecule has 0 unspecified atom stereocenters. The van der Waals surface area contributed by atoms with E-state index in [0.29, 0.717) is 12.3 Å². The molecule has 0 saturated heterocycles. The predicted molar refractivity (Wildman–Crippen MR) is 64.6 cm³/mol. The summed E-state index contributed by atoms with van der Waals surface area (Å²) in [6, 6.07) is 7.24. The smallest absolute Gasteiger partial charge is 0.115 e. The van der Waals surface area contributed by atoms with E-state index in [-0.39, 0.29) is 5.41 Å². The third-order valence-electron chi connectivity index (χ3n) is 2.31. The second kappa shape index (κ2) is 4.49. The number of allylic oxidation sites excluding steroid dienone is 1. The van der Waals surface area contributed by atoms with E-state index < -0.39 is 0 Å². The van der Waals surface area contributed by atoms with Crippen LogP contribution in [0.25, 0.3) is 5.57 Å². The third kappa shape index (κ3) is 3.10. The molecule has 1 aromatic rings. The van der Waals surface area contributed by atoms with E-state index in [0.717, 1.165) is 5.56 Å². The Kier molecular flexibility index (Phi) is 3.53. The molecule has 0 aliphatic rings. The summed E-state index contributed by atoms with van der Waals surface area (Å²) in [6.45, 7) is 7.00. The van der Waals surface area contributed by atoms with Crippen LogP contribution in [0.5, 0.6) is 5.75 Å². The van der Waals surface area contributed by atoms with Crippen LogP contribution in [0.15, 0.2) is 30.3 Å². The molecule has 1 rings (SSSR count). The van der Waals surface area contributed by atoms with Gasteiger partial charge in [0, 0.05) is 6.54 Å². The molecule has 0 aliphatic carbocycles. The van der Waals surface area contributed by atoms with Crippen molar-refractivity contribution in [1.82, 2.24) is 0 Å². The summed E-state index contributed by atoms with van der Waals surface area (Å²) in [5.74, 6) is 0.291. The van der Waals surface area contributed by atoms with Gasteiger partial charge in [0.1, 0.15) is 5.75 Å². The van der Waals surface area contributed by atoms with E-state index in [4.69, 9.17) is 5.73 Å². The Balaban J connectivity index is 3.11. The summed E-state index contributed by atoms with van der Waals surface area (Å²) in [6.07, 6.45) is 2.03. The van der Waals surface area contributed by atoms with Crippen molar-refractivity contribution in [2.24, 2.45) is 11.1 Å². The standard InChI is InChI=1S/C13H19NO/c1-13(2,3)12(8-9-14)10-4-6-11(15)7-5-10/h4-8,15H,9,14H2,1-3H3/b12-8+. The van der Waals surface area contributed by atoms with Crippen molar-refractivity contribution in [3.8, 4) is 5.75 Å². The third-order valence-corrected chi connectivity index (χ3v) is 2.31. The van der Waals surface area contributed by atoms with Crippen LogP contribution in [0.2, 0.25) is 0 Å². The molecular weight excluding hydrogens is 186 g/mol. The Hall–Kier alpha value is -1.28. The minimum Gasteiger partial charge on any atom is -0.508 e.